The lowest BCUT2D eigenvalue weighted by atomic mass is 9.63. The summed E-state index contributed by atoms with van der Waals surface area (Å²) in [5.74, 6) is -4.23. The van der Waals surface area contributed by atoms with E-state index in [9.17, 15) is 19.2 Å². The number of carbonyl (C=O) groups is 4. The number of esters is 2. The maximum absolute atomic E-state index is 12.3. The number of hydrogen-bond donors (Lipinski definition) is 0. The standard InChI is InChI=1S/C14H14O6/c1-7-5-9(15)11(16)14(6-8-3-2-4-19-8)10(7)12(17)20-13(14)18/h5,8,10H,2-4,6H2,1H3. The van der Waals surface area contributed by atoms with Gasteiger partial charge in [0, 0.05) is 6.61 Å². The summed E-state index contributed by atoms with van der Waals surface area (Å²) in [4.78, 5) is 48.1. The predicted octanol–water partition coefficient (Wildman–Crippen LogP) is 0.340. The van der Waals surface area contributed by atoms with Gasteiger partial charge in [0.05, 0.1) is 6.10 Å². The number of cyclic esters (lactones) is 2. The van der Waals surface area contributed by atoms with Crippen molar-refractivity contribution in [2.24, 2.45) is 11.3 Å². The van der Waals surface area contributed by atoms with E-state index >= 15 is 0 Å². The Morgan fingerprint density at radius 3 is 2.70 bits per heavy atom. The van der Waals surface area contributed by atoms with Crippen LogP contribution < -0.4 is 0 Å². The molecule has 3 unspecified atom stereocenters. The Bertz CT molecular complexity index is 554. The van der Waals surface area contributed by atoms with Crippen molar-refractivity contribution < 1.29 is 28.7 Å². The van der Waals surface area contributed by atoms with E-state index in [1.165, 1.54) is 0 Å². The van der Waals surface area contributed by atoms with Crippen LogP contribution in [-0.2, 0) is 28.7 Å². The zero-order chi connectivity index (χ0) is 14.5. The molecule has 0 spiro atoms. The Morgan fingerprint density at radius 2 is 2.05 bits per heavy atom. The molecule has 106 valence electrons. The van der Waals surface area contributed by atoms with Crippen LogP contribution >= 0.6 is 0 Å². The Kier molecular flexibility index (Phi) is 2.86. The van der Waals surface area contributed by atoms with Gasteiger partial charge in [0.15, 0.2) is 5.41 Å². The zero-order valence-electron chi connectivity index (χ0n) is 11.0. The SMILES string of the molecule is CC1=CC(=O)C(=O)C2(CC3CCCO3)C(=O)OC(=O)C12. The summed E-state index contributed by atoms with van der Waals surface area (Å²) in [5, 5.41) is 0. The normalized spacial score (nSPS) is 37.0. The molecule has 3 atom stereocenters. The average Bonchev–Trinajstić information content (AvgIpc) is 2.95. The van der Waals surface area contributed by atoms with Crippen LogP contribution in [0.15, 0.2) is 11.6 Å². The van der Waals surface area contributed by atoms with Gasteiger partial charge in [0.25, 0.3) is 0 Å². The quantitative estimate of drug-likeness (QED) is 0.411. The smallest absolute Gasteiger partial charge is 0.329 e. The van der Waals surface area contributed by atoms with Gasteiger partial charge in [0.2, 0.25) is 11.6 Å². The molecule has 2 fully saturated rings. The zero-order valence-corrected chi connectivity index (χ0v) is 11.0. The first-order valence-corrected chi connectivity index (χ1v) is 6.61. The van der Waals surface area contributed by atoms with Gasteiger partial charge in [0.1, 0.15) is 5.92 Å². The van der Waals surface area contributed by atoms with Gasteiger partial charge < -0.3 is 9.47 Å². The third-order valence-electron chi connectivity index (χ3n) is 4.30. The molecule has 2 heterocycles. The second-order valence-electron chi connectivity index (χ2n) is 5.53. The van der Waals surface area contributed by atoms with Crippen molar-refractivity contribution in [3.8, 4) is 0 Å². The van der Waals surface area contributed by atoms with E-state index in [0.29, 0.717) is 18.6 Å². The van der Waals surface area contributed by atoms with Gasteiger partial charge >= 0.3 is 11.9 Å². The fourth-order valence-electron chi connectivity index (χ4n) is 3.39. The molecule has 3 rings (SSSR count). The van der Waals surface area contributed by atoms with Crippen molar-refractivity contribution in [3.63, 3.8) is 0 Å². The molecule has 0 radical (unpaired) electrons. The number of ketones is 2. The van der Waals surface area contributed by atoms with Crippen LogP contribution in [0.2, 0.25) is 0 Å². The predicted molar refractivity (Wildman–Crippen MR) is 64.4 cm³/mol. The van der Waals surface area contributed by atoms with E-state index in [4.69, 9.17) is 4.74 Å². The topological polar surface area (TPSA) is 86.7 Å². The first-order valence-electron chi connectivity index (χ1n) is 6.61. The van der Waals surface area contributed by atoms with E-state index in [1.54, 1.807) is 6.92 Å². The third-order valence-corrected chi connectivity index (χ3v) is 4.30. The number of Topliss-reactive ketones (excluding diaryl/α,β-unsaturated/α-hetero) is 1. The van der Waals surface area contributed by atoms with E-state index < -0.39 is 34.8 Å². The highest BCUT2D eigenvalue weighted by Crippen LogP contribution is 2.48. The van der Waals surface area contributed by atoms with Crippen LogP contribution in [0.3, 0.4) is 0 Å². The minimum absolute atomic E-state index is 0.0397. The minimum atomic E-state index is -1.71. The summed E-state index contributed by atoms with van der Waals surface area (Å²) in [6, 6.07) is 0. The largest absolute Gasteiger partial charge is 0.392 e. The van der Waals surface area contributed by atoms with Gasteiger partial charge in [-0.25, -0.2) is 0 Å². The highest BCUT2D eigenvalue weighted by Gasteiger charge is 2.66. The number of rotatable bonds is 2. The molecule has 6 nitrogen and oxygen atoms in total. The lowest BCUT2D eigenvalue weighted by molar-refractivity contribution is -0.159. The minimum Gasteiger partial charge on any atom is -0.392 e. The van der Waals surface area contributed by atoms with Crippen LogP contribution in [-0.4, -0.2) is 36.2 Å². The van der Waals surface area contributed by atoms with Gasteiger partial charge in [-0.2, -0.15) is 0 Å². The van der Waals surface area contributed by atoms with Gasteiger partial charge in [-0.15, -0.1) is 0 Å². The molecular formula is C14H14O6. The summed E-state index contributed by atoms with van der Waals surface area (Å²) >= 11 is 0. The van der Waals surface area contributed by atoms with E-state index in [-0.39, 0.29) is 12.5 Å². The molecule has 1 aliphatic carbocycles. The lowest BCUT2D eigenvalue weighted by Crippen LogP contribution is -2.50. The lowest BCUT2D eigenvalue weighted by Gasteiger charge is -2.32. The van der Waals surface area contributed by atoms with Crippen molar-refractivity contribution in [2.45, 2.75) is 32.3 Å². The fourth-order valence-corrected chi connectivity index (χ4v) is 3.39. The van der Waals surface area contributed by atoms with Crippen LogP contribution in [0.25, 0.3) is 0 Å². The number of fused-ring (bicyclic) bond motifs is 1. The first kappa shape index (κ1) is 13.2. The Morgan fingerprint density at radius 1 is 1.30 bits per heavy atom. The van der Waals surface area contributed by atoms with Crippen LogP contribution in [0.1, 0.15) is 26.2 Å². The molecule has 0 aromatic carbocycles. The first-order chi connectivity index (χ1) is 9.46. The van der Waals surface area contributed by atoms with Crippen molar-refractivity contribution in [3.05, 3.63) is 11.6 Å². The second kappa shape index (κ2) is 4.34. The summed E-state index contributed by atoms with van der Waals surface area (Å²) in [5.41, 5.74) is -1.30. The van der Waals surface area contributed by atoms with Gasteiger partial charge in [-0.1, -0.05) is 5.57 Å². The van der Waals surface area contributed by atoms with E-state index in [1.807, 2.05) is 0 Å². The fraction of sp³-hybridized carbons (Fsp3) is 0.571. The average molecular weight is 278 g/mol. The maximum Gasteiger partial charge on any atom is 0.329 e. The molecule has 0 aromatic rings. The molecule has 0 amide bonds. The van der Waals surface area contributed by atoms with Crippen LogP contribution in [0.4, 0.5) is 0 Å². The van der Waals surface area contributed by atoms with Crippen molar-refractivity contribution >= 4 is 23.5 Å². The van der Waals surface area contributed by atoms with Gasteiger partial charge in [-0.3, -0.25) is 19.2 Å². The van der Waals surface area contributed by atoms with Gasteiger partial charge in [-0.05, 0) is 32.3 Å². The molecule has 3 aliphatic rings. The molecule has 20 heavy (non-hydrogen) atoms. The maximum atomic E-state index is 12.3. The molecule has 6 heteroatoms. The second-order valence-corrected chi connectivity index (χ2v) is 5.53. The highest BCUT2D eigenvalue weighted by molar-refractivity contribution is 6.49. The molecular weight excluding hydrogens is 264 g/mol. The van der Waals surface area contributed by atoms with Crippen molar-refractivity contribution in [1.82, 2.24) is 0 Å². The highest BCUT2D eigenvalue weighted by atomic mass is 16.6. The van der Waals surface area contributed by atoms with Crippen molar-refractivity contribution in [2.75, 3.05) is 6.61 Å². The summed E-state index contributed by atoms with van der Waals surface area (Å²) in [6.07, 6.45) is 2.42. The molecule has 0 N–H and O–H groups in total. The summed E-state index contributed by atoms with van der Waals surface area (Å²) in [6.45, 7) is 2.13. The van der Waals surface area contributed by atoms with Crippen LogP contribution in [0.5, 0.6) is 0 Å². The molecule has 0 bridgehead atoms. The number of ether oxygens (including phenoxy) is 2. The Balaban J connectivity index is 2.07. The number of allylic oxidation sites excluding steroid dienone is 1. The van der Waals surface area contributed by atoms with Crippen molar-refractivity contribution in [1.29, 1.82) is 0 Å². The number of carbonyl (C=O) groups excluding carboxylic acids is 4. The van der Waals surface area contributed by atoms with E-state index in [0.717, 1.165) is 12.5 Å². The Labute approximate surface area is 115 Å². The monoisotopic (exact) mass is 278 g/mol. The summed E-state index contributed by atoms with van der Waals surface area (Å²) < 4.78 is 10.1. The molecule has 0 saturated carbocycles. The third kappa shape index (κ3) is 1.61. The molecule has 2 saturated heterocycles. The molecule has 0 aromatic heterocycles. The van der Waals surface area contributed by atoms with Crippen LogP contribution in [0, 0.1) is 11.3 Å². The number of hydrogen-bond acceptors (Lipinski definition) is 6. The Hall–Kier alpha value is -1.82. The summed E-state index contributed by atoms with van der Waals surface area (Å²) in [7, 11) is 0. The van der Waals surface area contributed by atoms with E-state index in [2.05, 4.69) is 4.74 Å². The molecule has 2 aliphatic heterocycles.